The summed E-state index contributed by atoms with van der Waals surface area (Å²) in [6, 6.07) is 12.5. The third kappa shape index (κ3) is 4.79. The van der Waals surface area contributed by atoms with Gasteiger partial charge < -0.3 is 20.7 Å². The molecule has 30 heavy (non-hydrogen) atoms. The number of amides is 3. The van der Waals surface area contributed by atoms with Crippen molar-refractivity contribution in [2.24, 2.45) is 11.7 Å². The quantitative estimate of drug-likeness (QED) is 0.699. The van der Waals surface area contributed by atoms with E-state index < -0.39 is 11.8 Å². The highest BCUT2D eigenvalue weighted by Crippen LogP contribution is 2.29. The number of hydrogen-bond acceptors (Lipinski definition) is 4. The van der Waals surface area contributed by atoms with E-state index in [9.17, 15) is 14.4 Å². The van der Waals surface area contributed by atoms with Crippen molar-refractivity contribution in [3.8, 4) is 5.75 Å². The van der Waals surface area contributed by atoms with Gasteiger partial charge in [-0.25, -0.2) is 0 Å². The fourth-order valence-electron chi connectivity index (χ4n) is 3.55. The lowest BCUT2D eigenvalue weighted by Gasteiger charge is -2.18. The first kappa shape index (κ1) is 21.4. The van der Waals surface area contributed by atoms with E-state index in [0.717, 1.165) is 24.9 Å². The maximum Gasteiger partial charge on any atom is 0.248 e. The minimum atomic E-state index is -0.599. The molecular weight excluding hydrogens is 382 g/mol. The van der Waals surface area contributed by atoms with Crippen molar-refractivity contribution in [1.29, 1.82) is 0 Å². The summed E-state index contributed by atoms with van der Waals surface area (Å²) in [6.07, 6.45) is 3.41. The van der Waals surface area contributed by atoms with Crippen molar-refractivity contribution < 1.29 is 19.1 Å². The van der Waals surface area contributed by atoms with Crippen LogP contribution in [-0.2, 0) is 16.0 Å². The van der Waals surface area contributed by atoms with Gasteiger partial charge in [0.05, 0.1) is 18.7 Å². The average Bonchev–Trinajstić information content (AvgIpc) is 3.14. The number of nitrogens with two attached hydrogens (primary N) is 1. The molecule has 1 aliphatic heterocycles. The number of benzene rings is 2. The molecule has 2 aromatic carbocycles. The zero-order valence-corrected chi connectivity index (χ0v) is 17.3. The summed E-state index contributed by atoms with van der Waals surface area (Å²) in [7, 11) is 1.47. The molecule has 1 saturated heterocycles. The number of nitrogens with one attached hydrogen (secondary N) is 1. The summed E-state index contributed by atoms with van der Waals surface area (Å²) in [5.41, 5.74) is 7.97. The fourth-order valence-corrected chi connectivity index (χ4v) is 3.55. The van der Waals surface area contributed by atoms with Crippen LogP contribution < -0.4 is 20.7 Å². The number of ether oxygens (including phenoxy) is 1. The summed E-state index contributed by atoms with van der Waals surface area (Å²) in [6.45, 7) is 2.46. The smallest absolute Gasteiger partial charge is 0.248 e. The van der Waals surface area contributed by atoms with Gasteiger partial charge in [-0.1, -0.05) is 25.5 Å². The molecule has 3 rings (SSSR count). The molecule has 0 radical (unpaired) electrons. The summed E-state index contributed by atoms with van der Waals surface area (Å²) in [5, 5.41) is 2.77. The number of unbranched alkanes of at least 4 members (excludes halogenated alkanes) is 1. The lowest BCUT2D eigenvalue weighted by atomic mass is 10.1. The normalized spacial score (nSPS) is 15.9. The summed E-state index contributed by atoms with van der Waals surface area (Å²) in [5.74, 6) is -1.08. The van der Waals surface area contributed by atoms with Crippen LogP contribution in [0.3, 0.4) is 0 Å². The van der Waals surface area contributed by atoms with Gasteiger partial charge in [0.25, 0.3) is 0 Å². The van der Waals surface area contributed by atoms with Crippen LogP contribution >= 0.6 is 0 Å². The number of anilines is 2. The van der Waals surface area contributed by atoms with E-state index in [1.165, 1.54) is 24.8 Å². The van der Waals surface area contributed by atoms with Crippen LogP contribution in [0.5, 0.6) is 5.75 Å². The highest BCUT2D eigenvalue weighted by molar-refractivity contribution is 6.04. The summed E-state index contributed by atoms with van der Waals surface area (Å²) in [4.78, 5) is 38.4. The number of aryl methyl sites for hydroxylation is 1. The van der Waals surface area contributed by atoms with E-state index in [1.54, 1.807) is 11.0 Å². The van der Waals surface area contributed by atoms with E-state index in [0.29, 0.717) is 18.0 Å². The first-order valence-corrected chi connectivity index (χ1v) is 10.1. The molecule has 7 heteroatoms. The zero-order chi connectivity index (χ0) is 21.7. The average molecular weight is 409 g/mol. The fraction of sp³-hybridized carbons (Fsp3) is 0.348. The van der Waals surface area contributed by atoms with Crippen LogP contribution in [0.15, 0.2) is 42.5 Å². The Morgan fingerprint density at radius 2 is 1.93 bits per heavy atom. The van der Waals surface area contributed by atoms with E-state index in [1.807, 2.05) is 24.3 Å². The second-order valence-electron chi connectivity index (χ2n) is 7.44. The highest BCUT2D eigenvalue weighted by atomic mass is 16.5. The van der Waals surface area contributed by atoms with Gasteiger partial charge in [-0.15, -0.1) is 0 Å². The monoisotopic (exact) mass is 409 g/mol. The predicted molar refractivity (Wildman–Crippen MR) is 116 cm³/mol. The molecule has 2 aromatic rings. The first-order chi connectivity index (χ1) is 14.4. The third-order valence-electron chi connectivity index (χ3n) is 5.30. The highest BCUT2D eigenvalue weighted by Gasteiger charge is 2.35. The molecule has 1 heterocycles. The lowest BCUT2D eigenvalue weighted by molar-refractivity contribution is -0.122. The molecule has 0 spiro atoms. The topological polar surface area (TPSA) is 102 Å². The molecule has 1 unspecified atom stereocenters. The number of hydrogen-bond donors (Lipinski definition) is 2. The van der Waals surface area contributed by atoms with Crippen LogP contribution in [0.4, 0.5) is 11.4 Å². The van der Waals surface area contributed by atoms with Gasteiger partial charge in [-0.2, -0.15) is 0 Å². The maximum absolute atomic E-state index is 12.8. The number of carbonyl (C=O) groups is 3. The van der Waals surface area contributed by atoms with Crippen molar-refractivity contribution in [3.05, 3.63) is 53.6 Å². The van der Waals surface area contributed by atoms with Gasteiger partial charge in [0.1, 0.15) is 5.75 Å². The summed E-state index contributed by atoms with van der Waals surface area (Å²) >= 11 is 0. The van der Waals surface area contributed by atoms with Gasteiger partial charge in [0.15, 0.2) is 0 Å². The number of rotatable bonds is 8. The molecule has 1 atom stereocenters. The van der Waals surface area contributed by atoms with E-state index in [2.05, 4.69) is 12.2 Å². The molecular formula is C23H27N3O4. The Balaban J connectivity index is 1.69. The molecule has 0 aromatic heterocycles. The number of carbonyl (C=O) groups excluding carboxylic acids is 3. The Morgan fingerprint density at radius 3 is 2.57 bits per heavy atom. The zero-order valence-electron chi connectivity index (χ0n) is 17.3. The molecule has 158 valence electrons. The van der Waals surface area contributed by atoms with E-state index >= 15 is 0 Å². The van der Waals surface area contributed by atoms with Gasteiger partial charge in [-0.05, 0) is 48.7 Å². The molecule has 1 aliphatic rings. The van der Waals surface area contributed by atoms with Gasteiger partial charge in [0, 0.05) is 24.2 Å². The molecule has 0 saturated carbocycles. The van der Waals surface area contributed by atoms with E-state index in [-0.39, 0.29) is 23.8 Å². The minimum Gasteiger partial charge on any atom is -0.495 e. The Kier molecular flexibility index (Phi) is 6.72. The molecule has 1 fully saturated rings. The first-order valence-electron chi connectivity index (χ1n) is 10.1. The van der Waals surface area contributed by atoms with E-state index in [4.69, 9.17) is 10.5 Å². The molecule has 3 N–H and O–H groups in total. The third-order valence-corrected chi connectivity index (χ3v) is 5.30. The van der Waals surface area contributed by atoms with Crippen molar-refractivity contribution in [1.82, 2.24) is 0 Å². The van der Waals surface area contributed by atoms with Crippen LogP contribution in [0, 0.1) is 5.92 Å². The van der Waals surface area contributed by atoms with Gasteiger partial charge in [-0.3, -0.25) is 14.4 Å². The van der Waals surface area contributed by atoms with Gasteiger partial charge >= 0.3 is 0 Å². The lowest BCUT2D eigenvalue weighted by Crippen LogP contribution is -2.28. The number of methoxy groups -OCH3 is 1. The Morgan fingerprint density at radius 1 is 1.20 bits per heavy atom. The van der Waals surface area contributed by atoms with Crippen LogP contribution in [0.2, 0.25) is 0 Å². The van der Waals surface area contributed by atoms with Crippen LogP contribution in [0.25, 0.3) is 0 Å². The second-order valence-corrected chi connectivity index (χ2v) is 7.44. The van der Waals surface area contributed by atoms with Crippen molar-refractivity contribution in [2.75, 3.05) is 23.9 Å². The molecule has 0 aliphatic carbocycles. The largest absolute Gasteiger partial charge is 0.495 e. The standard InChI is InChI=1S/C23H27N3O4/c1-3-4-5-15-6-9-18(10-7-15)26-14-17(13-21(26)27)23(29)25-19-12-16(22(24)28)8-11-20(19)30-2/h6-12,17H,3-5,13-14H2,1-2H3,(H2,24,28)(H,25,29). The van der Waals surface area contributed by atoms with Crippen LogP contribution in [-0.4, -0.2) is 31.4 Å². The number of nitrogens with zero attached hydrogens (tertiary/aromatic N) is 1. The molecule has 0 bridgehead atoms. The molecule has 3 amide bonds. The van der Waals surface area contributed by atoms with Crippen molar-refractivity contribution in [3.63, 3.8) is 0 Å². The maximum atomic E-state index is 12.8. The minimum absolute atomic E-state index is 0.0886. The second kappa shape index (κ2) is 9.43. The van der Waals surface area contributed by atoms with Crippen LogP contribution in [0.1, 0.15) is 42.1 Å². The predicted octanol–water partition coefficient (Wildman–Crippen LogP) is 3.13. The Bertz CT molecular complexity index is 940. The molecule has 7 nitrogen and oxygen atoms in total. The van der Waals surface area contributed by atoms with Gasteiger partial charge in [0.2, 0.25) is 17.7 Å². The number of primary amides is 1. The Hall–Kier alpha value is -3.35. The van der Waals surface area contributed by atoms with Crippen molar-refractivity contribution >= 4 is 29.1 Å². The summed E-state index contributed by atoms with van der Waals surface area (Å²) < 4.78 is 5.25. The SMILES string of the molecule is CCCCc1ccc(N2CC(C(=O)Nc3cc(C(N)=O)ccc3OC)CC2=O)cc1. The Labute approximate surface area is 176 Å². The van der Waals surface area contributed by atoms with Crippen molar-refractivity contribution in [2.45, 2.75) is 32.6 Å².